The minimum atomic E-state index is -6.77. The van der Waals surface area contributed by atoms with Crippen molar-refractivity contribution in [1.82, 2.24) is 0 Å². The van der Waals surface area contributed by atoms with Crippen molar-refractivity contribution in [1.29, 1.82) is 0 Å². The highest BCUT2D eigenvalue weighted by atomic mass is 19.4. The molecule has 3 nitrogen and oxygen atoms in total. The van der Waals surface area contributed by atoms with Crippen molar-refractivity contribution in [2.24, 2.45) is 0 Å². The lowest BCUT2D eigenvalue weighted by atomic mass is 10.2. The smallest absolute Gasteiger partial charge is 0.428 e. The van der Waals surface area contributed by atoms with E-state index >= 15 is 0 Å². The first-order chi connectivity index (χ1) is 10.8. The third-order valence-corrected chi connectivity index (χ3v) is 2.23. The summed E-state index contributed by atoms with van der Waals surface area (Å²) in [6, 6.07) is 0. The van der Waals surface area contributed by atoms with Crippen LogP contribution in [0.1, 0.15) is 0 Å². The molecule has 0 aliphatic rings. The number of carbonyl (C=O) groups is 1. The van der Waals surface area contributed by atoms with Crippen LogP contribution in [0.4, 0.5) is 61.9 Å². The molecule has 0 rings (SSSR count). The van der Waals surface area contributed by atoms with Gasteiger partial charge in [-0.25, -0.2) is 9.18 Å². The first-order valence-electron chi connectivity index (χ1n) is 5.46. The largest absolute Gasteiger partial charge is 0.508 e. The number of hydrogen-bond acceptors (Lipinski definition) is 3. The summed E-state index contributed by atoms with van der Waals surface area (Å²) < 4.78 is 164. The molecule has 0 amide bonds. The maximum Gasteiger partial charge on any atom is 0.508 e. The van der Waals surface area contributed by atoms with Crippen LogP contribution in [-0.2, 0) is 9.47 Å². The maximum atomic E-state index is 12.7. The Balaban J connectivity index is 4.74. The molecule has 0 aromatic carbocycles. The summed E-state index contributed by atoms with van der Waals surface area (Å²) in [6.45, 7) is -5.73. The zero-order valence-corrected chi connectivity index (χ0v) is 11.1. The Kier molecular flexibility index (Phi) is 6.48. The van der Waals surface area contributed by atoms with Gasteiger partial charge in [0.25, 0.3) is 6.17 Å². The lowest BCUT2D eigenvalue weighted by Gasteiger charge is -2.27. The number of halogens is 13. The Morgan fingerprint density at radius 1 is 0.760 bits per heavy atom. The van der Waals surface area contributed by atoms with Gasteiger partial charge in [0.05, 0.1) is 0 Å². The van der Waals surface area contributed by atoms with Gasteiger partial charge in [-0.2, -0.15) is 52.7 Å². The standard InChI is InChI=1S/C9H5F13O3/c10-3(7(15,16)17)5(11,12)1-24-4(23)25-2-6(13,14)8(18,19)9(20,21)22/h3H,1-2H2. The summed E-state index contributed by atoms with van der Waals surface area (Å²) in [5.74, 6) is -18.2. The number of hydrogen-bond donors (Lipinski definition) is 0. The highest BCUT2D eigenvalue weighted by Crippen LogP contribution is 2.46. The predicted octanol–water partition coefficient (Wildman–Crippen LogP) is 4.51. The van der Waals surface area contributed by atoms with E-state index in [9.17, 15) is 61.9 Å². The van der Waals surface area contributed by atoms with Crippen LogP contribution in [0.5, 0.6) is 0 Å². The van der Waals surface area contributed by atoms with Gasteiger partial charge in [0.15, 0.2) is 13.2 Å². The molecular weight excluding hydrogens is 403 g/mol. The molecule has 1 atom stereocenters. The van der Waals surface area contributed by atoms with Gasteiger partial charge in [0.2, 0.25) is 0 Å². The highest BCUT2D eigenvalue weighted by Gasteiger charge is 2.73. The van der Waals surface area contributed by atoms with Crippen molar-refractivity contribution in [3.05, 3.63) is 0 Å². The molecule has 25 heavy (non-hydrogen) atoms. The number of ether oxygens (including phenoxy) is 2. The fourth-order valence-electron chi connectivity index (χ4n) is 0.957. The number of alkyl halides is 13. The molecule has 0 N–H and O–H groups in total. The van der Waals surface area contributed by atoms with E-state index < -0.39 is 55.7 Å². The van der Waals surface area contributed by atoms with Crippen LogP contribution in [0, 0.1) is 0 Å². The van der Waals surface area contributed by atoms with E-state index in [2.05, 4.69) is 9.47 Å². The van der Waals surface area contributed by atoms with Crippen molar-refractivity contribution >= 4 is 6.16 Å². The fourth-order valence-corrected chi connectivity index (χ4v) is 0.957. The first-order valence-corrected chi connectivity index (χ1v) is 5.46. The molecule has 0 radical (unpaired) electrons. The second-order valence-electron chi connectivity index (χ2n) is 4.27. The van der Waals surface area contributed by atoms with E-state index in [1.165, 1.54) is 0 Å². The minimum absolute atomic E-state index is 2.71. The third-order valence-electron chi connectivity index (χ3n) is 2.23. The summed E-state index contributed by atoms with van der Waals surface area (Å²) in [6.07, 6.45) is -20.5. The number of rotatable bonds is 6. The average Bonchev–Trinajstić information content (AvgIpc) is 2.39. The second-order valence-corrected chi connectivity index (χ2v) is 4.27. The van der Waals surface area contributed by atoms with Gasteiger partial charge >= 0.3 is 36.3 Å². The van der Waals surface area contributed by atoms with Crippen molar-refractivity contribution in [2.75, 3.05) is 13.2 Å². The molecule has 150 valence electrons. The van der Waals surface area contributed by atoms with Crippen LogP contribution in [0.3, 0.4) is 0 Å². The Morgan fingerprint density at radius 2 is 1.16 bits per heavy atom. The summed E-state index contributed by atoms with van der Waals surface area (Å²) >= 11 is 0. The van der Waals surface area contributed by atoms with Crippen molar-refractivity contribution < 1.29 is 71.3 Å². The summed E-state index contributed by atoms with van der Waals surface area (Å²) in [4.78, 5) is 10.5. The van der Waals surface area contributed by atoms with Crippen molar-refractivity contribution in [2.45, 2.75) is 36.3 Å². The summed E-state index contributed by atoms with van der Waals surface area (Å²) in [5.41, 5.74) is 0. The quantitative estimate of drug-likeness (QED) is 0.480. The predicted molar refractivity (Wildman–Crippen MR) is 49.1 cm³/mol. The van der Waals surface area contributed by atoms with Gasteiger partial charge in [-0.05, 0) is 0 Å². The molecular formula is C9H5F13O3. The topological polar surface area (TPSA) is 35.5 Å². The molecule has 0 fully saturated rings. The van der Waals surface area contributed by atoms with Gasteiger partial charge in [-0.3, -0.25) is 0 Å². The molecule has 0 aromatic heterocycles. The Labute approximate surface area is 128 Å². The van der Waals surface area contributed by atoms with Crippen molar-refractivity contribution in [3.8, 4) is 0 Å². The molecule has 0 saturated carbocycles. The zero-order chi connectivity index (χ0) is 20.5. The summed E-state index contributed by atoms with van der Waals surface area (Å²) in [5, 5.41) is 0. The van der Waals surface area contributed by atoms with Gasteiger partial charge in [-0.1, -0.05) is 0 Å². The highest BCUT2D eigenvalue weighted by molar-refractivity contribution is 5.60. The molecule has 0 aromatic rings. The van der Waals surface area contributed by atoms with E-state index in [1.54, 1.807) is 0 Å². The van der Waals surface area contributed by atoms with E-state index in [4.69, 9.17) is 0 Å². The van der Waals surface area contributed by atoms with Crippen molar-refractivity contribution in [3.63, 3.8) is 0 Å². The van der Waals surface area contributed by atoms with Crippen LogP contribution < -0.4 is 0 Å². The van der Waals surface area contributed by atoms with E-state index in [0.717, 1.165) is 0 Å². The first kappa shape index (κ1) is 23.4. The summed E-state index contributed by atoms with van der Waals surface area (Å²) in [7, 11) is 0. The van der Waals surface area contributed by atoms with Crippen LogP contribution >= 0.6 is 0 Å². The SMILES string of the molecule is O=C(OCC(F)(F)C(F)C(F)(F)F)OCC(F)(F)C(F)(F)C(F)(F)F. The van der Waals surface area contributed by atoms with E-state index in [0.29, 0.717) is 0 Å². The molecule has 0 spiro atoms. The molecule has 16 heteroatoms. The fraction of sp³-hybridized carbons (Fsp3) is 0.889. The van der Waals surface area contributed by atoms with E-state index in [-0.39, 0.29) is 0 Å². The Bertz CT molecular complexity index is 466. The van der Waals surface area contributed by atoms with Crippen LogP contribution in [0.15, 0.2) is 0 Å². The number of carbonyl (C=O) groups excluding carboxylic acids is 1. The van der Waals surface area contributed by atoms with Gasteiger partial charge in [0.1, 0.15) is 0 Å². The lowest BCUT2D eigenvalue weighted by Crippen LogP contribution is -2.54. The zero-order valence-electron chi connectivity index (χ0n) is 11.1. The van der Waals surface area contributed by atoms with E-state index in [1.807, 2.05) is 0 Å². The monoisotopic (exact) mass is 408 g/mol. The average molecular weight is 408 g/mol. The van der Waals surface area contributed by atoms with Crippen LogP contribution in [-0.4, -0.2) is 55.7 Å². The second kappa shape index (κ2) is 6.93. The normalized spacial score (nSPS) is 15.7. The van der Waals surface area contributed by atoms with Gasteiger partial charge in [0, 0.05) is 0 Å². The molecule has 0 saturated heterocycles. The van der Waals surface area contributed by atoms with Gasteiger partial charge < -0.3 is 9.47 Å². The molecule has 1 unspecified atom stereocenters. The Hall–Kier alpha value is -1.64. The molecule has 0 aliphatic heterocycles. The Morgan fingerprint density at radius 3 is 1.52 bits per heavy atom. The maximum absolute atomic E-state index is 12.7. The van der Waals surface area contributed by atoms with Crippen LogP contribution in [0.25, 0.3) is 0 Å². The lowest BCUT2D eigenvalue weighted by molar-refractivity contribution is -0.359. The minimum Gasteiger partial charge on any atom is -0.428 e. The van der Waals surface area contributed by atoms with Crippen LogP contribution in [0.2, 0.25) is 0 Å². The molecule has 0 heterocycles. The third kappa shape index (κ3) is 5.69. The molecule has 0 aliphatic carbocycles. The molecule has 0 bridgehead atoms. The van der Waals surface area contributed by atoms with Gasteiger partial charge in [-0.15, -0.1) is 0 Å².